The molecule has 0 aromatic rings. The molecule has 0 heterocycles. The fraction of sp³-hybridized carbons (Fsp3) is 0.935. The van der Waals surface area contributed by atoms with Crippen LogP contribution in [-0.2, 0) is 9.59 Å². The second-order valence-electron chi connectivity index (χ2n) is 11.4. The fourth-order valence-electron chi connectivity index (χ4n) is 7.11. The van der Waals surface area contributed by atoms with Crippen molar-refractivity contribution in [2.45, 2.75) is 168 Å². The van der Waals surface area contributed by atoms with Crippen molar-refractivity contribution in [1.29, 1.82) is 0 Å². The van der Waals surface area contributed by atoms with Crippen molar-refractivity contribution in [1.82, 2.24) is 0 Å². The minimum absolute atomic E-state index is 0.143. The van der Waals surface area contributed by atoms with E-state index in [1.807, 2.05) is 6.08 Å². The van der Waals surface area contributed by atoms with Crippen molar-refractivity contribution < 1.29 is 9.59 Å². The number of rotatable bonds is 22. The Hall–Kier alpha value is -1.24. The zero-order valence-corrected chi connectivity index (χ0v) is 23.6. The first kappa shape index (κ1) is 31.8. The number of unbranched alkanes of at least 4 members (excludes halogenated alkanes) is 8. The highest BCUT2D eigenvalue weighted by atomic mass is 16.1. The third-order valence-corrected chi connectivity index (χ3v) is 9.00. The average Bonchev–Trinajstić information content (AvgIpc) is 2.86. The standard InChI is InChI=1S/C31H56N2O2/c1-4-7-9-11-13-21-31(25-19-29(33-28-35)18-12-10-8-5-2)23-15-14-22-30(31,20-6-3)24-16-17-26-32-27-34/h29H,4-26H2,1-3H3. The van der Waals surface area contributed by atoms with Gasteiger partial charge in [0.05, 0.1) is 12.6 Å². The van der Waals surface area contributed by atoms with E-state index in [-0.39, 0.29) is 6.04 Å². The molecule has 4 nitrogen and oxygen atoms in total. The third-order valence-electron chi connectivity index (χ3n) is 9.00. The molecule has 1 saturated carbocycles. The molecule has 4 heteroatoms. The zero-order chi connectivity index (χ0) is 25.7. The number of aliphatic imine (C=N–C) groups is 2. The summed E-state index contributed by atoms with van der Waals surface area (Å²) >= 11 is 0. The van der Waals surface area contributed by atoms with E-state index in [2.05, 4.69) is 30.8 Å². The van der Waals surface area contributed by atoms with Crippen molar-refractivity contribution >= 4 is 12.2 Å². The Labute approximate surface area is 217 Å². The highest BCUT2D eigenvalue weighted by Crippen LogP contribution is 2.61. The molecule has 1 fully saturated rings. The maximum Gasteiger partial charge on any atom is 0.235 e. The molecule has 1 aliphatic rings. The summed E-state index contributed by atoms with van der Waals surface area (Å²) in [6, 6.07) is 0.143. The van der Waals surface area contributed by atoms with Crippen LogP contribution >= 0.6 is 0 Å². The summed E-state index contributed by atoms with van der Waals surface area (Å²) in [4.78, 5) is 29.9. The van der Waals surface area contributed by atoms with Gasteiger partial charge in [-0.1, -0.05) is 104 Å². The third kappa shape index (κ3) is 11.6. The molecule has 0 bridgehead atoms. The van der Waals surface area contributed by atoms with Gasteiger partial charge in [-0.3, -0.25) is 0 Å². The number of carbonyl (C=O) groups excluding carboxylic acids is 2. The van der Waals surface area contributed by atoms with Crippen LogP contribution in [0, 0.1) is 10.8 Å². The van der Waals surface area contributed by atoms with Crippen LogP contribution in [0.5, 0.6) is 0 Å². The van der Waals surface area contributed by atoms with Gasteiger partial charge >= 0.3 is 0 Å². The summed E-state index contributed by atoms with van der Waals surface area (Å²) in [6.45, 7) is 7.50. The highest BCUT2D eigenvalue weighted by molar-refractivity contribution is 5.33. The molecule has 3 atom stereocenters. The smallest absolute Gasteiger partial charge is 0.211 e. The van der Waals surface area contributed by atoms with E-state index in [9.17, 15) is 9.59 Å². The van der Waals surface area contributed by atoms with Crippen LogP contribution in [0.4, 0.5) is 0 Å². The molecule has 3 unspecified atom stereocenters. The quantitative estimate of drug-likeness (QED) is 0.0865. The molecule has 0 N–H and O–H groups in total. The summed E-state index contributed by atoms with van der Waals surface area (Å²) in [5, 5.41) is 0. The van der Waals surface area contributed by atoms with Gasteiger partial charge in [0.25, 0.3) is 0 Å². The molecule has 0 aromatic carbocycles. The molecule has 0 spiro atoms. The minimum Gasteiger partial charge on any atom is -0.211 e. The van der Waals surface area contributed by atoms with Crippen LogP contribution in [0.3, 0.4) is 0 Å². The van der Waals surface area contributed by atoms with Crippen molar-refractivity contribution in [3.05, 3.63) is 0 Å². The predicted molar refractivity (Wildman–Crippen MR) is 148 cm³/mol. The van der Waals surface area contributed by atoms with Crippen molar-refractivity contribution in [3.8, 4) is 0 Å². The van der Waals surface area contributed by atoms with Gasteiger partial charge in [-0.15, -0.1) is 0 Å². The van der Waals surface area contributed by atoms with Crippen molar-refractivity contribution in [2.75, 3.05) is 6.54 Å². The molecule has 202 valence electrons. The Morgan fingerprint density at radius 3 is 1.83 bits per heavy atom. The Morgan fingerprint density at radius 1 is 0.629 bits per heavy atom. The van der Waals surface area contributed by atoms with Gasteiger partial charge < -0.3 is 0 Å². The summed E-state index contributed by atoms with van der Waals surface area (Å²) < 4.78 is 0. The average molecular weight is 489 g/mol. The van der Waals surface area contributed by atoms with Crippen LogP contribution in [0.1, 0.15) is 162 Å². The summed E-state index contributed by atoms with van der Waals surface area (Å²) in [7, 11) is 0. The van der Waals surface area contributed by atoms with E-state index in [0.29, 0.717) is 17.4 Å². The van der Waals surface area contributed by atoms with E-state index in [1.54, 1.807) is 6.08 Å². The van der Waals surface area contributed by atoms with Gasteiger partial charge in [-0.2, -0.15) is 0 Å². The molecule has 0 aliphatic heterocycles. The van der Waals surface area contributed by atoms with Crippen molar-refractivity contribution in [2.24, 2.45) is 20.8 Å². The summed E-state index contributed by atoms with van der Waals surface area (Å²) in [5.41, 5.74) is 0.745. The first-order valence-corrected chi connectivity index (χ1v) is 15.2. The molecule has 1 rings (SSSR count). The number of nitrogens with zero attached hydrogens (tertiary/aromatic N) is 2. The number of isocyanates is 2. The zero-order valence-electron chi connectivity index (χ0n) is 23.6. The highest BCUT2D eigenvalue weighted by Gasteiger charge is 2.50. The molecule has 0 amide bonds. The van der Waals surface area contributed by atoms with E-state index < -0.39 is 0 Å². The van der Waals surface area contributed by atoms with Crippen LogP contribution in [0.25, 0.3) is 0 Å². The Morgan fingerprint density at radius 2 is 1.23 bits per heavy atom. The van der Waals surface area contributed by atoms with Gasteiger partial charge in [0.2, 0.25) is 12.2 Å². The largest absolute Gasteiger partial charge is 0.235 e. The molecule has 0 saturated heterocycles. The molecule has 0 aromatic heterocycles. The minimum atomic E-state index is 0.143. The SMILES string of the molecule is CCCCCCCC1(CCC(CCCCCC)N=C=O)CCCCC1(CCC)CCCCN=C=O. The number of hydrogen-bond donors (Lipinski definition) is 0. The maximum atomic E-state index is 11.2. The lowest BCUT2D eigenvalue weighted by atomic mass is 9.49. The maximum absolute atomic E-state index is 11.2. The second-order valence-corrected chi connectivity index (χ2v) is 11.4. The van der Waals surface area contributed by atoms with Gasteiger partial charge in [-0.05, 0) is 68.6 Å². The summed E-state index contributed by atoms with van der Waals surface area (Å²) in [6.07, 6.45) is 31.1. The topological polar surface area (TPSA) is 58.9 Å². The first-order chi connectivity index (χ1) is 17.1. The Kier molecular flexibility index (Phi) is 18.1. The van der Waals surface area contributed by atoms with Gasteiger partial charge in [0.1, 0.15) is 0 Å². The molecule has 35 heavy (non-hydrogen) atoms. The van der Waals surface area contributed by atoms with E-state index in [0.717, 1.165) is 25.7 Å². The van der Waals surface area contributed by atoms with Crippen molar-refractivity contribution in [3.63, 3.8) is 0 Å². The van der Waals surface area contributed by atoms with E-state index >= 15 is 0 Å². The predicted octanol–water partition coefficient (Wildman–Crippen LogP) is 9.65. The van der Waals surface area contributed by atoms with Gasteiger partial charge in [0, 0.05) is 0 Å². The molecule has 1 aliphatic carbocycles. The Bertz CT molecular complexity index is 619. The fourth-order valence-corrected chi connectivity index (χ4v) is 7.11. The number of hydrogen-bond acceptors (Lipinski definition) is 4. The van der Waals surface area contributed by atoms with Crippen LogP contribution in [0.2, 0.25) is 0 Å². The van der Waals surface area contributed by atoms with Crippen LogP contribution < -0.4 is 0 Å². The first-order valence-electron chi connectivity index (χ1n) is 15.2. The monoisotopic (exact) mass is 488 g/mol. The lowest BCUT2D eigenvalue weighted by Gasteiger charge is -2.56. The molecular weight excluding hydrogens is 432 g/mol. The van der Waals surface area contributed by atoms with E-state index in [4.69, 9.17) is 0 Å². The molecule has 0 radical (unpaired) electrons. The van der Waals surface area contributed by atoms with Gasteiger partial charge in [0.15, 0.2) is 0 Å². The second kappa shape index (κ2) is 19.9. The Balaban J connectivity index is 3.06. The normalized spacial score (nSPS) is 22.8. The van der Waals surface area contributed by atoms with Crippen LogP contribution in [0.15, 0.2) is 9.98 Å². The van der Waals surface area contributed by atoms with E-state index in [1.165, 1.54) is 116 Å². The van der Waals surface area contributed by atoms with Gasteiger partial charge in [-0.25, -0.2) is 19.6 Å². The summed E-state index contributed by atoms with van der Waals surface area (Å²) in [5.74, 6) is 0. The molecular formula is C31H56N2O2. The van der Waals surface area contributed by atoms with Crippen LogP contribution in [-0.4, -0.2) is 24.7 Å². The lowest BCUT2D eigenvalue weighted by molar-refractivity contribution is -0.0513. The lowest BCUT2D eigenvalue weighted by Crippen LogP contribution is -2.45.